The van der Waals surface area contributed by atoms with Gasteiger partial charge in [0.2, 0.25) is 0 Å². The van der Waals surface area contributed by atoms with E-state index in [1.54, 1.807) is 7.11 Å². The van der Waals surface area contributed by atoms with Crippen molar-refractivity contribution in [1.29, 1.82) is 0 Å². The van der Waals surface area contributed by atoms with Gasteiger partial charge in [-0.2, -0.15) is 5.48 Å². The summed E-state index contributed by atoms with van der Waals surface area (Å²) in [4.78, 5) is 5.46. The van der Waals surface area contributed by atoms with Gasteiger partial charge in [-0.15, -0.1) is 0 Å². The monoisotopic (exact) mass is 238 g/mol. The van der Waals surface area contributed by atoms with E-state index in [2.05, 4.69) is 5.48 Å². The molecule has 4 nitrogen and oxygen atoms in total. The lowest BCUT2D eigenvalue weighted by molar-refractivity contribution is -0.0175. The van der Waals surface area contributed by atoms with Crippen molar-refractivity contribution in [1.82, 2.24) is 5.48 Å². The maximum absolute atomic E-state index is 5.48. The molecule has 0 aliphatic carbocycles. The van der Waals surface area contributed by atoms with Crippen LogP contribution in [0.2, 0.25) is 0 Å². The molecule has 3 N–H and O–H groups in total. The second-order valence-corrected chi connectivity index (χ2v) is 3.98. The van der Waals surface area contributed by atoms with Gasteiger partial charge in [0.15, 0.2) is 0 Å². The molecule has 0 radical (unpaired) electrons. The summed E-state index contributed by atoms with van der Waals surface area (Å²) in [5.74, 6) is 0. The molecule has 1 rings (SSSR count). The van der Waals surface area contributed by atoms with Crippen LogP contribution in [0.5, 0.6) is 0 Å². The molecule has 0 amide bonds. The van der Waals surface area contributed by atoms with E-state index in [1.807, 2.05) is 30.3 Å². The van der Waals surface area contributed by atoms with Gasteiger partial charge in [0.05, 0.1) is 19.3 Å². The van der Waals surface area contributed by atoms with E-state index in [4.69, 9.17) is 15.3 Å². The van der Waals surface area contributed by atoms with Crippen LogP contribution in [0.15, 0.2) is 30.3 Å². The molecule has 0 bridgehead atoms. The van der Waals surface area contributed by atoms with Gasteiger partial charge in [-0.1, -0.05) is 30.3 Å². The Balaban J connectivity index is 2.22. The van der Waals surface area contributed by atoms with Gasteiger partial charge in [-0.05, 0) is 24.9 Å². The van der Waals surface area contributed by atoms with Crippen molar-refractivity contribution in [3.63, 3.8) is 0 Å². The maximum atomic E-state index is 5.48. The maximum Gasteiger partial charge on any atom is 0.0933 e. The molecule has 17 heavy (non-hydrogen) atoms. The number of nitrogens with one attached hydrogen (secondary N) is 1. The van der Waals surface area contributed by atoms with Crippen molar-refractivity contribution >= 4 is 0 Å². The Labute approximate surface area is 103 Å². The van der Waals surface area contributed by atoms with Gasteiger partial charge in [0.1, 0.15) is 0 Å². The zero-order chi connectivity index (χ0) is 12.3. The van der Waals surface area contributed by atoms with Crippen molar-refractivity contribution in [3.05, 3.63) is 35.9 Å². The van der Waals surface area contributed by atoms with Gasteiger partial charge in [-0.25, -0.2) is 0 Å². The van der Waals surface area contributed by atoms with Crippen molar-refractivity contribution in [2.75, 3.05) is 20.3 Å². The van der Waals surface area contributed by atoms with Crippen LogP contribution in [-0.2, 0) is 16.2 Å². The number of nitrogens with two attached hydrogens (primary N) is 1. The Kier molecular flexibility index (Phi) is 7.58. The minimum absolute atomic E-state index is 0.201. The van der Waals surface area contributed by atoms with E-state index >= 15 is 0 Å². The predicted molar refractivity (Wildman–Crippen MR) is 68.3 cm³/mol. The molecule has 1 aromatic carbocycles. The van der Waals surface area contributed by atoms with Gasteiger partial charge in [-0.3, -0.25) is 4.84 Å². The molecular formula is C13H22N2O2. The van der Waals surface area contributed by atoms with Crippen LogP contribution >= 0.6 is 0 Å². The van der Waals surface area contributed by atoms with Crippen molar-refractivity contribution in [2.24, 2.45) is 5.73 Å². The number of ether oxygens (including phenoxy) is 1. The van der Waals surface area contributed by atoms with E-state index in [0.717, 1.165) is 18.4 Å². The first-order chi connectivity index (χ1) is 8.36. The number of hydrogen-bond donors (Lipinski definition) is 2. The molecule has 1 unspecified atom stereocenters. The Morgan fingerprint density at radius 1 is 1.29 bits per heavy atom. The summed E-state index contributed by atoms with van der Waals surface area (Å²) in [5.41, 5.74) is 9.65. The van der Waals surface area contributed by atoms with Crippen LogP contribution < -0.4 is 11.2 Å². The molecule has 1 atom stereocenters. The number of methoxy groups -OCH3 is 1. The summed E-state index contributed by atoms with van der Waals surface area (Å²) in [6, 6.07) is 10.3. The fraction of sp³-hybridized carbons (Fsp3) is 0.538. The molecular weight excluding hydrogens is 216 g/mol. The third kappa shape index (κ3) is 6.38. The number of hydroxylamine groups is 1. The molecule has 4 heteroatoms. The molecule has 1 aromatic rings. The quantitative estimate of drug-likeness (QED) is 0.640. The van der Waals surface area contributed by atoms with Crippen molar-refractivity contribution < 1.29 is 9.57 Å². The highest BCUT2D eigenvalue weighted by Crippen LogP contribution is 2.01. The summed E-state index contributed by atoms with van der Waals surface area (Å²) in [7, 11) is 1.69. The standard InChI is InChI=1S/C13H22N2O2/c1-16-11-13(8-5-9-14)15-17-10-12-6-3-2-4-7-12/h2-4,6-7,13,15H,5,8-11,14H2,1H3. The summed E-state index contributed by atoms with van der Waals surface area (Å²) >= 11 is 0. The topological polar surface area (TPSA) is 56.5 Å². The molecule has 0 fully saturated rings. The van der Waals surface area contributed by atoms with E-state index < -0.39 is 0 Å². The average Bonchev–Trinajstić information content (AvgIpc) is 2.37. The molecule has 0 saturated carbocycles. The fourth-order valence-electron chi connectivity index (χ4n) is 1.56. The van der Waals surface area contributed by atoms with Gasteiger partial charge in [0, 0.05) is 7.11 Å². The highest BCUT2D eigenvalue weighted by atomic mass is 16.6. The van der Waals surface area contributed by atoms with E-state index in [9.17, 15) is 0 Å². The summed E-state index contributed by atoms with van der Waals surface area (Å²) < 4.78 is 5.12. The fourth-order valence-corrected chi connectivity index (χ4v) is 1.56. The smallest absolute Gasteiger partial charge is 0.0933 e. The minimum Gasteiger partial charge on any atom is -0.383 e. The zero-order valence-corrected chi connectivity index (χ0v) is 10.4. The summed E-state index contributed by atoms with van der Waals surface area (Å²) in [6.45, 7) is 1.89. The number of rotatable bonds is 9. The Morgan fingerprint density at radius 3 is 2.71 bits per heavy atom. The third-order valence-corrected chi connectivity index (χ3v) is 2.46. The Morgan fingerprint density at radius 2 is 2.06 bits per heavy atom. The van der Waals surface area contributed by atoms with Crippen LogP contribution in [0.1, 0.15) is 18.4 Å². The second-order valence-electron chi connectivity index (χ2n) is 3.98. The molecule has 0 aromatic heterocycles. The number of hydrogen-bond acceptors (Lipinski definition) is 4. The van der Waals surface area contributed by atoms with Gasteiger partial charge in [0.25, 0.3) is 0 Å². The SMILES string of the molecule is COCC(CCCN)NOCc1ccccc1. The zero-order valence-electron chi connectivity index (χ0n) is 10.4. The van der Waals surface area contributed by atoms with Crippen LogP contribution in [0.3, 0.4) is 0 Å². The Bertz CT molecular complexity index is 280. The second kappa shape index (κ2) is 9.13. The first kappa shape index (κ1) is 14.1. The first-order valence-corrected chi connectivity index (χ1v) is 5.97. The van der Waals surface area contributed by atoms with E-state index in [1.165, 1.54) is 0 Å². The van der Waals surface area contributed by atoms with Gasteiger partial charge >= 0.3 is 0 Å². The minimum atomic E-state index is 0.201. The largest absolute Gasteiger partial charge is 0.383 e. The first-order valence-electron chi connectivity index (χ1n) is 5.97. The van der Waals surface area contributed by atoms with Crippen molar-refractivity contribution in [2.45, 2.75) is 25.5 Å². The Hall–Kier alpha value is -0.940. The summed E-state index contributed by atoms with van der Waals surface area (Å²) in [6.07, 6.45) is 1.93. The van der Waals surface area contributed by atoms with Crippen LogP contribution in [0.25, 0.3) is 0 Å². The molecule has 0 aliphatic rings. The highest BCUT2D eigenvalue weighted by Gasteiger charge is 2.07. The highest BCUT2D eigenvalue weighted by molar-refractivity contribution is 5.13. The lowest BCUT2D eigenvalue weighted by atomic mass is 10.2. The van der Waals surface area contributed by atoms with Crippen LogP contribution in [-0.4, -0.2) is 26.3 Å². The molecule has 0 aliphatic heterocycles. The lowest BCUT2D eigenvalue weighted by Crippen LogP contribution is -2.33. The molecule has 0 heterocycles. The van der Waals surface area contributed by atoms with Gasteiger partial charge < -0.3 is 10.5 Å². The summed E-state index contributed by atoms with van der Waals surface area (Å²) in [5, 5.41) is 0. The normalized spacial score (nSPS) is 12.6. The lowest BCUT2D eigenvalue weighted by Gasteiger charge is -2.17. The van der Waals surface area contributed by atoms with Crippen LogP contribution in [0, 0.1) is 0 Å². The average molecular weight is 238 g/mol. The molecule has 0 spiro atoms. The van der Waals surface area contributed by atoms with E-state index in [0.29, 0.717) is 19.8 Å². The van der Waals surface area contributed by atoms with Crippen LogP contribution in [0.4, 0.5) is 0 Å². The third-order valence-electron chi connectivity index (χ3n) is 2.46. The van der Waals surface area contributed by atoms with E-state index in [-0.39, 0.29) is 6.04 Å². The number of benzene rings is 1. The molecule has 0 saturated heterocycles. The molecule has 96 valence electrons. The van der Waals surface area contributed by atoms with Crippen molar-refractivity contribution in [3.8, 4) is 0 Å². The predicted octanol–water partition coefficient (Wildman–Crippen LogP) is 1.46.